The Balaban J connectivity index is 1.48. The third kappa shape index (κ3) is 3.61. The van der Waals surface area contributed by atoms with Crippen molar-refractivity contribution in [1.82, 2.24) is 10.2 Å². The van der Waals surface area contributed by atoms with Crippen molar-refractivity contribution in [2.75, 3.05) is 31.6 Å². The van der Waals surface area contributed by atoms with Gasteiger partial charge in [0.2, 0.25) is 5.91 Å². The van der Waals surface area contributed by atoms with Crippen molar-refractivity contribution in [2.45, 2.75) is 44.2 Å². The largest absolute Gasteiger partial charge is 0.371 e. The summed E-state index contributed by atoms with van der Waals surface area (Å²) in [4.78, 5) is 16.8. The predicted octanol–water partition coefficient (Wildman–Crippen LogP) is 2.26. The summed E-state index contributed by atoms with van der Waals surface area (Å²) in [6, 6.07) is 11.5. The van der Waals surface area contributed by atoms with E-state index in [2.05, 4.69) is 52.5 Å². The Bertz CT molecular complexity index is 476. The molecule has 1 atom stereocenters. The van der Waals surface area contributed by atoms with Gasteiger partial charge in [-0.25, -0.2) is 0 Å². The summed E-state index contributed by atoms with van der Waals surface area (Å²) in [5.74, 6) is 0.334. The molecule has 4 nitrogen and oxygen atoms in total. The first-order chi connectivity index (χ1) is 10.7. The molecule has 2 saturated heterocycles. The lowest BCUT2D eigenvalue weighted by Crippen LogP contribution is -2.46. The van der Waals surface area contributed by atoms with E-state index >= 15 is 0 Å². The van der Waals surface area contributed by atoms with Crippen LogP contribution in [0.2, 0.25) is 0 Å². The maximum absolute atomic E-state index is 12.4. The molecule has 120 valence electrons. The molecule has 22 heavy (non-hydrogen) atoms. The average Bonchev–Trinajstić information content (AvgIpc) is 3.08. The normalized spacial score (nSPS) is 22.8. The fourth-order valence-corrected chi connectivity index (χ4v) is 3.65. The summed E-state index contributed by atoms with van der Waals surface area (Å²) in [7, 11) is 2.17. The summed E-state index contributed by atoms with van der Waals surface area (Å²) < 4.78 is 0. The third-order valence-corrected chi connectivity index (χ3v) is 5.11. The number of hydrogen-bond acceptors (Lipinski definition) is 3. The summed E-state index contributed by atoms with van der Waals surface area (Å²) in [6.07, 6.45) is 5.17. The Morgan fingerprint density at radius 2 is 1.95 bits per heavy atom. The van der Waals surface area contributed by atoms with Crippen LogP contribution in [0.5, 0.6) is 0 Å². The van der Waals surface area contributed by atoms with Crippen LogP contribution < -0.4 is 10.2 Å². The molecular weight excluding hydrogens is 274 g/mol. The number of amides is 1. The number of nitrogens with zero attached hydrogens (tertiary/aromatic N) is 2. The Morgan fingerprint density at radius 1 is 1.23 bits per heavy atom. The van der Waals surface area contributed by atoms with E-state index < -0.39 is 0 Å². The molecule has 4 heteroatoms. The highest BCUT2D eigenvalue weighted by Gasteiger charge is 2.27. The summed E-state index contributed by atoms with van der Waals surface area (Å²) in [5, 5.41) is 3.42. The molecule has 0 aliphatic carbocycles. The topological polar surface area (TPSA) is 35.6 Å². The molecule has 2 fully saturated rings. The first kappa shape index (κ1) is 15.3. The molecule has 1 aromatic carbocycles. The second-order valence-electron chi connectivity index (χ2n) is 6.56. The Labute approximate surface area is 133 Å². The monoisotopic (exact) mass is 301 g/mol. The summed E-state index contributed by atoms with van der Waals surface area (Å²) >= 11 is 0. The van der Waals surface area contributed by atoms with Gasteiger partial charge in [0.25, 0.3) is 0 Å². The number of benzene rings is 1. The maximum Gasteiger partial charge on any atom is 0.224 e. The number of nitrogens with one attached hydrogen (secondary N) is 1. The van der Waals surface area contributed by atoms with E-state index in [1.807, 2.05) is 0 Å². The van der Waals surface area contributed by atoms with Crippen LogP contribution in [-0.4, -0.2) is 49.6 Å². The second-order valence-corrected chi connectivity index (χ2v) is 6.56. The zero-order valence-electron chi connectivity index (χ0n) is 13.5. The van der Waals surface area contributed by atoms with Gasteiger partial charge in [-0.15, -0.1) is 0 Å². The number of carbonyl (C=O) groups excluding carboxylic acids is 1. The van der Waals surface area contributed by atoms with Gasteiger partial charge in [-0.2, -0.15) is 0 Å². The lowest BCUT2D eigenvalue weighted by molar-refractivity contribution is -0.132. The van der Waals surface area contributed by atoms with Gasteiger partial charge in [0.1, 0.15) is 0 Å². The van der Waals surface area contributed by atoms with Crippen molar-refractivity contribution >= 4 is 11.6 Å². The van der Waals surface area contributed by atoms with Crippen molar-refractivity contribution < 1.29 is 4.79 Å². The van der Waals surface area contributed by atoms with Gasteiger partial charge in [0.15, 0.2) is 0 Å². The van der Waals surface area contributed by atoms with E-state index in [0.29, 0.717) is 24.4 Å². The average molecular weight is 301 g/mol. The van der Waals surface area contributed by atoms with E-state index in [1.54, 1.807) is 0 Å². The summed E-state index contributed by atoms with van der Waals surface area (Å²) in [5.41, 5.74) is 1.27. The minimum atomic E-state index is 0.334. The molecular formula is C18H27N3O. The molecule has 2 aliphatic rings. The fourth-order valence-electron chi connectivity index (χ4n) is 3.65. The molecule has 2 heterocycles. The van der Waals surface area contributed by atoms with E-state index in [4.69, 9.17) is 0 Å². The number of para-hydroxylation sites is 1. The van der Waals surface area contributed by atoms with E-state index in [-0.39, 0.29) is 0 Å². The number of rotatable bonds is 4. The molecule has 1 aromatic rings. The third-order valence-electron chi connectivity index (χ3n) is 5.11. The van der Waals surface area contributed by atoms with Gasteiger partial charge in [0.05, 0.1) is 0 Å². The lowest BCUT2D eigenvalue weighted by Gasteiger charge is -2.38. The predicted molar refractivity (Wildman–Crippen MR) is 90.1 cm³/mol. The highest BCUT2D eigenvalue weighted by molar-refractivity contribution is 5.77. The van der Waals surface area contributed by atoms with Crippen LogP contribution in [-0.2, 0) is 4.79 Å². The van der Waals surface area contributed by atoms with Crippen LogP contribution in [0.15, 0.2) is 30.3 Å². The van der Waals surface area contributed by atoms with Gasteiger partial charge in [-0.1, -0.05) is 18.2 Å². The Morgan fingerprint density at radius 3 is 2.59 bits per heavy atom. The van der Waals surface area contributed by atoms with Gasteiger partial charge in [-0.3, -0.25) is 4.79 Å². The highest BCUT2D eigenvalue weighted by atomic mass is 16.2. The Hall–Kier alpha value is -1.55. The van der Waals surface area contributed by atoms with Gasteiger partial charge < -0.3 is 15.1 Å². The molecule has 1 amide bonds. The van der Waals surface area contributed by atoms with E-state index in [0.717, 1.165) is 38.9 Å². The van der Waals surface area contributed by atoms with Gasteiger partial charge in [-0.05, 0) is 44.4 Å². The minimum Gasteiger partial charge on any atom is -0.371 e. The molecule has 0 bridgehead atoms. The number of carbonyl (C=O) groups is 1. The van der Waals surface area contributed by atoms with Crippen LogP contribution in [0.25, 0.3) is 0 Å². The molecule has 1 unspecified atom stereocenters. The maximum atomic E-state index is 12.4. The first-order valence-electron chi connectivity index (χ1n) is 8.53. The summed E-state index contributed by atoms with van der Waals surface area (Å²) in [6.45, 7) is 2.86. The van der Waals surface area contributed by atoms with Crippen LogP contribution in [0.3, 0.4) is 0 Å². The first-order valence-corrected chi connectivity index (χ1v) is 8.53. The zero-order chi connectivity index (χ0) is 15.4. The lowest BCUT2D eigenvalue weighted by atomic mass is 10.0. The van der Waals surface area contributed by atoms with E-state index in [9.17, 15) is 4.79 Å². The standard InChI is InChI=1S/C18H27N3O/c1-20(16-7-3-2-4-8-16)17-9-12-21(13-10-17)18(22)14-15-6-5-11-19-15/h2-4,7-8,15,17,19H,5-6,9-14H2,1H3. The Kier molecular flexibility index (Phi) is 4.98. The van der Waals surface area contributed by atoms with E-state index in [1.165, 1.54) is 12.1 Å². The second kappa shape index (κ2) is 7.14. The van der Waals surface area contributed by atoms with Crippen LogP contribution in [0.1, 0.15) is 32.1 Å². The highest BCUT2D eigenvalue weighted by Crippen LogP contribution is 2.22. The quantitative estimate of drug-likeness (QED) is 0.926. The van der Waals surface area contributed by atoms with Crippen LogP contribution in [0, 0.1) is 0 Å². The fraction of sp³-hybridized carbons (Fsp3) is 0.611. The van der Waals surface area contributed by atoms with Crippen molar-refractivity contribution in [3.8, 4) is 0 Å². The molecule has 1 N–H and O–H groups in total. The molecule has 0 radical (unpaired) electrons. The number of anilines is 1. The minimum absolute atomic E-state index is 0.334. The van der Waals surface area contributed by atoms with Crippen LogP contribution in [0.4, 0.5) is 5.69 Å². The molecule has 0 saturated carbocycles. The molecule has 0 aromatic heterocycles. The number of likely N-dealkylation sites (tertiary alicyclic amines) is 1. The molecule has 0 spiro atoms. The van der Waals surface area contributed by atoms with Gasteiger partial charge >= 0.3 is 0 Å². The SMILES string of the molecule is CN(c1ccccc1)C1CCN(C(=O)CC2CCCN2)CC1. The van der Waals surface area contributed by atoms with Crippen molar-refractivity contribution in [2.24, 2.45) is 0 Å². The smallest absolute Gasteiger partial charge is 0.224 e. The number of hydrogen-bond donors (Lipinski definition) is 1. The van der Waals surface area contributed by atoms with Gasteiger partial charge in [0, 0.05) is 44.3 Å². The number of piperidine rings is 1. The van der Waals surface area contributed by atoms with Crippen molar-refractivity contribution in [1.29, 1.82) is 0 Å². The van der Waals surface area contributed by atoms with Crippen LogP contribution >= 0.6 is 0 Å². The zero-order valence-corrected chi connectivity index (χ0v) is 13.5. The molecule has 2 aliphatic heterocycles. The molecule has 3 rings (SSSR count). The van der Waals surface area contributed by atoms with Crippen molar-refractivity contribution in [3.63, 3.8) is 0 Å². The van der Waals surface area contributed by atoms with Crippen molar-refractivity contribution in [3.05, 3.63) is 30.3 Å².